The van der Waals surface area contributed by atoms with Gasteiger partial charge in [-0.25, -0.2) is 0 Å². The van der Waals surface area contributed by atoms with E-state index in [2.05, 4.69) is 17.4 Å². The highest BCUT2D eigenvalue weighted by Gasteiger charge is 2.28. The van der Waals surface area contributed by atoms with E-state index in [1.807, 2.05) is 54.3 Å². The Morgan fingerprint density at radius 3 is 2.62 bits per heavy atom. The Kier molecular flexibility index (Phi) is 5.56. The van der Waals surface area contributed by atoms with E-state index in [9.17, 15) is 9.90 Å². The fourth-order valence-corrected chi connectivity index (χ4v) is 3.72. The Labute approximate surface area is 146 Å². The summed E-state index contributed by atoms with van der Waals surface area (Å²) >= 11 is 1.63. The van der Waals surface area contributed by atoms with E-state index in [-0.39, 0.29) is 18.1 Å². The minimum Gasteiger partial charge on any atom is -0.392 e. The lowest BCUT2D eigenvalue weighted by atomic mass is 10.2. The number of carbonyl (C=O) groups is 1. The van der Waals surface area contributed by atoms with Crippen LogP contribution in [0.1, 0.15) is 13.3 Å². The van der Waals surface area contributed by atoms with Crippen molar-refractivity contribution < 1.29 is 9.90 Å². The van der Waals surface area contributed by atoms with E-state index in [1.165, 1.54) is 0 Å². The smallest absolute Gasteiger partial charge is 0.241 e. The van der Waals surface area contributed by atoms with Gasteiger partial charge in [0.1, 0.15) is 0 Å². The van der Waals surface area contributed by atoms with Gasteiger partial charge in [-0.3, -0.25) is 9.69 Å². The molecule has 0 aliphatic carbocycles. The predicted molar refractivity (Wildman–Crippen MR) is 97.3 cm³/mol. The van der Waals surface area contributed by atoms with Crippen molar-refractivity contribution in [2.75, 3.05) is 18.4 Å². The molecule has 0 saturated carbocycles. The van der Waals surface area contributed by atoms with Crippen molar-refractivity contribution in [1.82, 2.24) is 4.90 Å². The van der Waals surface area contributed by atoms with Gasteiger partial charge in [0.05, 0.1) is 17.8 Å². The molecule has 1 saturated heterocycles. The molecule has 0 radical (unpaired) electrons. The molecule has 2 unspecified atom stereocenters. The van der Waals surface area contributed by atoms with Gasteiger partial charge in [-0.05, 0) is 37.6 Å². The fourth-order valence-electron chi connectivity index (χ4n) is 2.80. The molecule has 1 aliphatic heterocycles. The normalized spacial score (nSPS) is 19.2. The SMILES string of the molecule is CC(C(=O)Nc1ccccc1Sc1ccccc1)N1CCC(O)C1. The lowest BCUT2D eigenvalue weighted by molar-refractivity contribution is -0.120. The van der Waals surface area contributed by atoms with Crippen LogP contribution >= 0.6 is 11.8 Å². The Morgan fingerprint density at radius 2 is 1.92 bits per heavy atom. The number of nitrogens with one attached hydrogen (secondary N) is 1. The third kappa shape index (κ3) is 4.17. The monoisotopic (exact) mass is 342 g/mol. The maximum absolute atomic E-state index is 12.6. The molecule has 1 heterocycles. The van der Waals surface area contributed by atoms with E-state index in [1.54, 1.807) is 11.8 Å². The van der Waals surface area contributed by atoms with E-state index < -0.39 is 0 Å². The molecule has 2 aromatic rings. The maximum Gasteiger partial charge on any atom is 0.241 e. The van der Waals surface area contributed by atoms with E-state index in [4.69, 9.17) is 0 Å². The van der Waals surface area contributed by atoms with Crippen LogP contribution in [0, 0.1) is 0 Å². The molecular weight excluding hydrogens is 320 g/mol. The Bertz CT molecular complexity index is 693. The lowest BCUT2D eigenvalue weighted by Crippen LogP contribution is -2.41. The van der Waals surface area contributed by atoms with Crippen LogP contribution in [-0.4, -0.2) is 41.1 Å². The van der Waals surface area contributed by atoms with Crippen molar-refractivity contribution in [2.45, 2.75) is 35.3 Å². The molecule has 126 valence electrons. The molecule has 4 nitrogen and oxygen atoms in total. The number of amides is 1. The van der Waals surface area contributed by atoms with E-state index >= 15 is 0 Å². The number of carbonyl (C=O) groups excluding carboxylic acids is 1. The Balaban J connectivity index is 1.69. The maximum atomic E-state index is 12.6. The van der Waals surface area contributed by atoms with Crippen molar-refractivity contribution in [3.63, 3.8) is 0 Å². The third-order valence-electron chi connectivity index (χ3n) is 4.24. The van der Waals surface area contributed by atoms with Crippen LogP contribution < -0.4 is 5.32 Å². The molecule has 24 heavy (non-hydrogen) atoms. The summed E-state index contributed by atoms with van der Waals surface area (Å²) in [5.41, 5.74) is 0.822. The average Bonchev–Trinajstić information content (AvgIpc) is 3.03. The second-order valence-electron chi connectivity index (χ2n) is 6.01. The van der Waals surface area contributed by atoms with Gasteiger partial charge in [0.15, 0.2) is 0 Å². The van der Waals surface area contributed by atoms with Gasteiger partial charge in [-0.15, -0.1) is 0 Å². The highest BCUT2D eigenvalue weighted by molar-refractivity contribution is 7.99. The minimum absolute atomic E-state index is 0.0368. The number of hydrogen-bond donors (Lipinski definition) is 2. The number of nitrogens with zero attached hydrogens (tertiary/aromatic N) is 1. The lowest BCUT2D eigenvalue weighted by Gasteiger charge is -2.23. The number of hydrogen-bond acceptors (Lipinski definition) is 4. The van der Waals surface area contributed by atoms with Crippen LogP contribution in [0.5, 0.6) is 0 Å². The van der Waals surface area contributed by atoms with Crippen molar-refractivity contribution in [3.05, 3.63) is 54.6 Å². The first-order chi connectivity index (χ1) is 11.6. The summed E-state index contributed by atoms with van der Waals surface area (Å²) in [6.07, 6.45) is 0.416. The summed E-state index contributed by atoms with van der Waals surface area (Å²) in [5, 5.41) is 12.7. The summed E-state index contributed by atoms with van der Waals surface area (Å²) in [6.45, 7) is 3.21. The molecule has 5 heteroatoms. The Morgan fingerprint density at radius 1 is 1.21 bits per heavy atom. The van der Waals surface area contributed by atoms with Gasteiger partial charge >= 0.3 is 0 Å². The molecule has 0 aromatic heterocycles. The zero-order chi connectivity index (χ0) is 16.9. The first-order valence-electron chi connectivity index (χ1n) is 8.18. The molecular formula is C19H22N2O2S. The van der Waals surface area contributed by atoms with Gasteiger partial charge < -0.3 is 10.4 Å². The molecule has 1 fully saturated rings. The van der Waals surface area contributed by atoms with Crippen LogP contribution in [0.25, 0.3) is 0 Å². The molecule has 0 bridgehead atoms. The van der Waals surface area contributed by atoms with Crippen LogP contribution in [0.4, 0.5) is 5.69 Å². The van der Waals surface area contributed by atoms with E-state index in [0.29, 0.717) is 6.54 Å². The zero-order valence-electron chi connectivity index (χ0n) is 13.7. The number of β-amino-alcohol motifs (C(OH)–C–C–N with tert-alkyl or cyclic N) is 1. The van der Waals surface area contributed by atoms with Gasteiger partial charge in [-0.1, -0.05) is 42.1 Å². The third-order valence-corrected chi connectivity index (χ3v) is 5.32. The van der Waals surface area contributed by atoms with Crippen LogP contribution in [0.2, 0.25) is 0 Å². The molecule has 2 N–H and O–H groups in total. The number of para-hydroxylation sites is 1. The first kappa shape index (κ1) is 17.0. The average molecular weight is 342 g/mol. The summed E-state index contributed by atoms with van der Waals surface area (Å²) in [4.78, 5) is 16.7. The number of aliphatic hydroxyl groups excluding tert-OH is 1. The number of rotatable bonds is 5. The minimum atomic E-state index is -0.318. The second-order valence-corrected chi connectivity index (χ2v) is 7.13. The predicted octanol–water partition coefficient (Wildman–Crippen LogP) is 3.23. The standard InChI is InChI=1S/C19H22N2O2S/c1-14(21-12-11-15(22)13-21)19(23)20-17-9-5-6-10-18(17)24-16-7-3-2-4-8-16/h2-10,14-15,22H,11-13H2,1H3,(H,20,23). The first-order valence-corrected chi connectivity index (χ1v) is 9.00. The molecule has 1 aliphatic rings. The quantitative estimate of drug-likeness (QED) is 0.876. The topological polar surface area (TPSA) is 52.6 Å². The Hall–Kier alpha value is -1.82. The second kappa shape index (κ2) is 7.83. The summed E-state index contributed by atoms with van der Waals surface area (Å²) in [7, 11) is 0. The largest absolute Gasteiger partial charge is 0.392 e. The molecule has 2 atom stereocenters. The molecule has 0 spiro atoms. The summed E-state index contributed by atoms with van der Waals surface area (Å²) in [6, 6.07) is 17.7. The van der Waals surface area contributed by atoms with Gasteiger partial charge in [0, 0.05) is 22.9 Å². The molecule has 2 aromatic carbocycles. The van der Waals surface area contributed by atoms with Gasteiger partial charge in [0.2, 0.25) is 5.91 Å². The van der Waals surface area contributed by atoms with Gasteiger partial charge in [-0.2, -0.15) is 0 Å². The zero-order valence-corrected chi connectivity index (χ0v) is 14.5. The highest BCUT2D eigenvalue weighted by Crippen LogP contribution is 2.33. The van der Waals surface area contributed by atoms with Crippen LogP contribution in [-0.2, 0) is 4.79 Å². The van der Waals surface area contributed by atoms with E-state index in [0.717, 1.165) is 28.4 Å². The van der Waals surface area contributed by atoms with Crippen molar-refractivity contribution in [3.8, 4) is 0 Å². The van der Waals surface area contributed by atoms with Crippen molar-refractivity contribution >= 4 is 23.4 Å². The number of benzene rings is 2. The molecule has 1 amide bonds. The number of aliphatic hydroxyl groups is 1. The van der Waals surface area contributed by atoms with Crippen molar-refractivity contribution in [1.29, 1.82) is 0 Å². The molecule has 3 rings (SSSR count). The number of likely N-dealkylation sites (tertiary alicyclic amines) is 1. The van der Waals surface area contributed by atoms with Crippen LogP contribution in [0.15, 0.2) is 64.4 Å². The fraction of sp³-hybridized carbons (Fsp3) is 0.316. The number of anilines is 1. The summed E-state index contributed by atoms with van der Waals surface area (Å²) < 4.78 is 0. The van der Waals surface area contributed by atoms with Crippen LogP contribution in [0.3, 0.4) is 0 Å². The van der Waals surface area contributed by atoms with Gasteiger partial charge in [0.25, 0.3) is 0 Å². The highest BCUT2D eigenvalue weighted by atomic mass is 32.2. The van der Waals surface area contributed by atoms with Crippen molar-refractivity contribution in [2.24, 2.45) is 0 Å². The summed E-state index contributed by atoms with van der Waals surface area (Å²) in [5.74, 6) is -0.0368.